The Morgan fingerprint density at radius 3 is 2.58 bits per heavy atom. The van der Waals surface area contributed by atoms with Crippen molar-refractivity contribution in [3.63, 3.8) is 0 Å². The van der Waals surface area contributed by atoms with Gasteiger partial charge in [0.05, 0.1) is 0 Å². The third kappa shape index (κ3) is 7.08. The van der Waals surface area contributed by atoms with Gasteiger partial charge in [0.1, 0.15) is 0 Å². The average molecular weight is 264 g/mol. The molecule has 1 aromatic carbocycles. The third-order valence-electron chi connectivity index (χ3n) is 2.62. The first-order valence-corrected chi connectivity index (χ1v) is 6.38. The van der Waals surface area contributed by atoms with E-state index in [0.29, 0.717) is 13.0 Å². The lowest BCUT2D eigenvalue weighted by Gasteiger charge is -2.14. The van der Waals surface area contributed by atoms with Crippen molar-refractivity contribution in [1.82, 2.24) is 10.6 Å². The maximum absolute atomic E-state index is 11.5. The van der Waals surface area contributed by atoms with Crippen LogP contribution in [-0.2, 0) is 11.2 Å². The zero-order valence-electron chi connectivity index (χ0n) is 11.1. The molecule has 5 heteroatoms. The lowest BCUT2D eigenvalue weighted by Crippen LogP contribution is -2.42. The summed E-state index contributed by atoms with van der Waals surface area (Å²) in [4.78, 5) is 21.8. The highest BCUT2D eigenvalue weighted by molar-refractivity contribution is 5.74. The first-order valence-electron chi connectivity index (χ1n) is 6.38. The lowest BCUT2D eigenvalue weighted by atomic mass is 10.1. The van der Waals surface area contributed by atoms with E-state index < -0.39 is 5.97 Å². The van der Waals surface area contributed by atoms with Crippen molar-refractivity contribution in [2.75, 3.05) is 6.54 Å². The predicted octanol–water partition coefficient (Wildman–Crippen LogP) is 1.78. The minimum Gasteiger partial charge on any atom is -0.481 e. The Kier molecular flexibility index (Phi) is 6.43. The monoisotopic (exact) mass is 264 g/mol. The van der Waals surface area contributed by atoms with Crippen molar-refractivity contribution in [3.05, 3.63) is 35.9 Å². The summed E-state index contributed by atoms with van der Waals surface area (Å²) < 4.78 is 0. The van der Waals surface area contributed by atoms with Crippen molar-refractivity contribution < 1.29 is 14.7 Å². The molecule has 1 unspecified atom stereocenters. The summed E-state index contributed by atoms with van der Waals surface area (Å²) >= 11 is 0. The quantitative estimate of drug-likeness (QED) is 0.657. The summed E-state index contributed by atoms with van der Waals surface area (Å²) in [5.74, 6) is -0.848. The van der Waals surface area contributed by atoms with Gasteiger partial charge in [-0.3, -0.25) is 4.79 Å². The van der Waals surface area contributed by atoms with Gasteiger partial charge >= 0.3 is 12.0 Å². The van der Waals surface area contributed by atoms with Gasteiger partial charge in [0.25, 0.3) is 0 Å². The van der Waals surface area contributed by atoms with Gasteiger partial charge in [-0.2, -0.15) is 0 Å². The van der Waals surface area contributed by atoms with Crippen molar-refractivity contribution in [2.45, 2.75) is 32.2 Å². The fraction of sp³-hybridized carbons (Fsp3) is 0.429. The summed E-state index contributed by atoms with van der Waals surface area (Å²) in [6, 6.07) is 9.70. The Hall–Kier alpha value is -2.04. The van der Waals surface area contributed by atoms with E-state index in [2.05, 4.69) is 10.6 Å². The summed E-state index contributed by atoms with van der Waals surface area (Å²) in [7, 11) is 0. The van der Waals surface area contributed by atoms with E-state index in [1.54, 1.807) is 0 Å². The summed E-state index contributed by atoms with van der Waals surface area (Å²) in [5, 5.41) is 13.9. The molecular formula is C14H20N2O3. The van der Waals surface area contributed by atoms with E-state index in [0.717, 1.165) is 6.42 Å². The Morgan fingerprint density at radius 1 is 1.26 bits per heavy atom. The SMILES string of the molecule is CC(Cc1ccccc1)NC(=O)NCCCC(=O)O. The number of carboxylic acids is 1. The standard InChI is InChI=1S/C14H20N2O3/c1-11(10-12-6-3-2-4-7-12)16-14(19)15-9-5-8-13(17)18/h2-4,6-7,11H,5,8-10H2,1H3,(H,17,18)(H2,15,16,19). The molecule has 104 valence electrons. The highest BCUT2D eigenvalue weighted by Crippen LogP contribution is 2.02. The van der Waals surface area contributed by atoms with Gasteiger partial charge in [-0.25, -0.2) is 4.79 Å². The molecule has 0 fully saturated rings. The van der Waals surface area contributed by atoms with E-state index in [-0.39, 0.29) is 18.5 Å². The molecule has 0 aliphatic rings. The minimum absolute atomic E-state index is 0.0295. The number of aliphatic carboxylic acids is 1. The van der Waals surface area contributed by atoms with Crippen molar-refractivity contribution in [2.24, 2.45) is 0 Å². The minimum atomic E-state index is -0.848. The van der Waals surface area contributed by atoms with E-state index in [1.165, 1.54) is 5.56 Å². The number of benzene rings is 1. The van der Waals surface area contributed by atoms with Gasteiger partial charge < -0.3 is 15.7 Å². The topological polar surface area (TPSA) is 78.4 Å². The van der Waals surface area contributed by atoms with Gasteiger partial charge in [-0.05, 0) is 25.3 Å². The summed E-state index contributed by atoms with van der Waals surface area (Å²) in [6.07, 6.45) is 1.28. The molecule has 1 aromatic rings. The number of hydrogen-bond donors (Lipinski definition) is 3. The van der Waals surface area contributed by atoms with E-state index in [4.69, 9.17) is 5.11 Å². The molecule has 19 heavy (non-hydrogen) atoms. The van der Waals surface area contributed by atoms with E-state index in [9.17, 15) is 9.59 Å². The van der Waals surface area contributed by atoms with E-state index in [1.807, 2.05) is 37.3 Å². The Bertz CT molecular complexity index is 406. The van der Waals surface area contributed by atoms with Crippen LogP contribution in [0.1, 0.15) is 25.3 Å². The molecule has 0 aliphatic carbocycles. The third-order valence-corrected chi connectivity index (χ3v) is 2.62. The lowest BCUT2D eigenvalue weighted by molar-refractivity contribution is -0.137. The maximum atomic E-state index is 11.5. The van der Waals surface area contributed by atoms with Crippen LogP contribution in [0.25, 0.3) is 0 Å². The highest BCUT2D eigenvalue weighted by atomic mass is 16.4. The molecule has 5 nitrogen and oxygen atoms in total. The number of hydrogen-bond acceptors (Lipinski definition) is 2. The molecule has 0 bridgehead atoms. The Morgan fingerprint density at radius 2 is 1.95 bits per heavy atom. The van der Waals surface area contributed by atoms with Gasteiger partial charge in [0, 0.05) is 19.0 Å². The van der Waals surface area contributed by atoms with Crippen LogP contribution < -0.4 is 10.6 Å². The number of carbonyl (C=O) groups is 2. The number of nitrogens with one attached hydrogen (secondary N) is 2. The molecule has 0 saturated heterocycles. The second-order valence-electron chi connectivity index (χ2n) is 4.49. The molecule has 0 aliphatic heterocycles. The van der Waals surface area contributed by atoms with Crippen LogP contribution in [0.15, 0.2) is 30.3 Å². The Labute approximate surface area is 113 Å². The van der Waals surface area contributed by atoms with Gasteiger partial charge in [-0.1, -0.05) is 30.3 Å². The van der Waals surface area contributed by atoms with Gasteiger partial charge in [0.15, 0.2) is 0 Å². The van der Waals surface area contributed by atoms with Crippen LogP contribution in [0.4, 0.5) is 4.79 Å². The molecule has 0 aromatic heterocycles. The second-order valence-corrected chi connectivity index (χ2v) is 4.49. The van der Waals surface area contributed by atoms with E-state index >= 15 is 0 Å². The van der Waals surface area contributed by atoms with Crippen LogP contribution >= 0.6 is 0 Å². The fourth-order valence-electron chi connectivity index (χ4n) is 1.74. The van der Waals surface area contributed by atoms with Crippen LogP contribution in [0.5, 0.6) is 0 Å². The molecule has 0 radical (unpaired) electrons. The normalized spacial score (nSPS) is 11.6. The number of carbonyl (C=O) groups excluding carboxylic acids is 1. The predicted molar refractivity (Wildman–Crippen MR) is 73.0 cm³/mol. The number of urea groups is 1. The molecule has 0 saturated carbocycles. The molecule has 2 amide bonds. The van der Waals surface area contributed by atoms with Crippen LogP contribution in [0, 0.1) is 0 Å². The molecule has 1 rings (SSSR count). The second kappa shape index (κ2) is 8.13. The van der Waals surface area contributed by atoms with Gasteiger partial charge in [0.2, 0.25) is 0 Å². The average Bonchev–Trinajstić information content (AvgIpc) is 2.35. The van der Waals surface area contributed by atoms with Crippen LogP contribution in [0.3, 0.4) is 0 Å². The molecule has 0 spiro atoms. The van der Waals surface area contributed by atoms with Crippen molar-refractivity contribution in [1.29, 1.82) is 0 Å². The first-order chi connectivity index (χ1) is 9.08. The number of amides is 2. The number of rotatable bonds is 7. The Balaban J connectivity index is 2.19. The zero-order valence-corrected chi connectivity index (χ0v) is 11.1. The molecule has 0 heterocycles. The molecule has 3 N–H and O–H groups in total. The largest absolute Gasteiger partial charge is 0.481 e. The smallest absolute Gasteiger partial charge is 0.315 e. The fourth-order valence-corrected chi connectivity index (χ4v) is 1.74. The number of carboxylic acid groups (broad SMARTS) is 1. The summed E-state index contributed by atoms with van der Waals surface area (Å²) in [6.45, 7) is 2.31. The highest BCUT2D eigenvalue weighted by Gasteiger charge is 2.07. The molecular weight excluding hydrogens is 244 g/mol. The van der Waals surface area contributed by atoms with Crippen LogP contribution in [0.2, 0.25) is 0 Å². The zero-order chi connectivity index (χ0) is 14.1. The first kappa shape index (κ1) is 15.0. The summed E-state index contributed by atoms with van der Waals surface area (Å²) in [5.41, 5.74) is 1.17. The molecule has 1 atom stereocenters. The maximum Gasteiger partial charge on any atom is 0.315 e. The van der Waals surface area contributed by atoms with Crippen LogP contribution in [-0.4, -0.2) is 29.7 Å². The van der Waals surface area contributed by atoms with Crippen molar-refractivity contribution in [3.8, 4) is 0 Å². The van der Waals surface area contributed by atoms with Crippen molar-refractivity contribution >= 4 is 12.0 Å². The van der Waals surface area contributed by atoms with Gasteiger partial charge in [-0.15, -0.1) is 0 Å².